The maximum atomic E-state index is 13.0. The van der Waals surface area contributed by atoms with E-state index in [-0.39, 0.29) is 17.1 Å². The maximum Gasteiger partial charge on any atom is 0.322 e. The zero-order chi connectivity index (χ0) is 15.6. The summed E-state index contributed by atoms with van der Waals surface area (Å²) < 4.78 is 13.0. The Kier molecular flexibility index (Phi) is 4.67. The molecule has 1 aromatic carbocycles. The van der Waals surface area contributed by atoms with Crippen LogP contribution >= 0.6 is 11.6 Å². The maximum absolute atomic E-state index is 13.0. The Labute approximate surface area is 126 Å². The number of amides is 2. The summed E-state index contributed by atoms with van der Waals surface area (Å²) in [6.07, 6.45) is 0.837. The lowest BCUT2D eigenvalue weighted by atomic mass is 9.92. The van der Waals surface area contributed by atoms with E-state index in [1.54, 1.807) is 11.8 Å². The van der Waals surface area contributed by atoms with Gasteiger partial charge in [0.15, 0.2) is 0 Å². The van der Waals surface area contributed by atoms with Crippen molar-refractivity contribution in [3.05, 3.63) is 29.0 Å². The summed E-state index contributed by atoms with van der Waals surface area (Å²) in [4.78, 5) is 24.7. The molecule has 5 nitrogen and oxygen atoms in total. The first kappa shape index (κ1) is 15.6. The van der Waals surface area contributed by atoms with E-state index in [0.717, 1.165) is 6.07 Å². The molecule has 0 saturated carbocycles. The van der Waals surface area contributed by atoms with Crippen LogP contribution in [0.2, 0.25) is 5.02 Å². The molecule has 1 aromatic rings. The van der Waals surface area contributed by atoms with E-state index in [2.05, 4.69) is 5.32 Å². The summed E-state index contributed by atoms with van der Waals surface area (Å²) in [5.41, 5.74) is 0.329. The molecule has 0 bridgehead atoms. The molecule has 1 heterocycles. The highest BCUT2D eigenvalue weighted by Crippen LogP contribution is 2.26. The van der Waals surface area contributed by atoms with Gasteiger partial charge in [-0.05, 0) is 38.0 Å². The number of nitrogens with zero attached hydrogens (tertiary/aromatic N) is 1. The molecular weight excluding hydrogens is 299 g/mol. The third-order valence-electron chi connectivity index (χ3n) is 3.66. The van der Waals surface area contributed by atoms with Gasteiger partial charge in [-0.3, -0.25) is 4.79 Å². The van der Waals surface area contributed by atoms with Crippen molar-refractivity contribution in [2.24, 2.45) is 5.92 Å². The summed E-state index contributed by atoms with van der Waals surface area (Å²) in [5.74, 6) is -1.73. The van der Waals surface area contributed by atoms with Gasteiger partial charge in [0.1, 0.15) is 5.82 Å². The Morgan fingerprint density at radius 3 is 2.76 bits per heavy atom. The van der Waals surface area contributed by atoms with Crippen LogP contribution in [0.4, 0.5) is 14.9 Å². The minimum absolute atomic E-state index is 0.122. The molecule has 2 N–H and O–H groups in total. The number of carbonyl (C=O) groups excluding carboxylic acids is 1. The highest BCUT2D eigenvalue weighted by atomic mass is 35.5. The summed E-state index contributed by atoms with van der Waals surface area (Å²) in [7, 11) is 0. The second-order valence-electron chi connectivity index (χ2n) is 5.16. The molecule has 0 radical (unpaired) electrons. The molecule has 1 aliphatic rings. The average molecular weight is 315 g/mol. The number of hydrogen-bond acceptors (Lipinski definition) is 2. The summed E-state index contributed by atoms with van der Waals surface area (Å²) in [6, 6.07) is 3.18. The van der Waals surface area contributed by atoms with Gasteiger partial charge in [0.2, 0.25) is 0 Å². The zero-order valence-electron chi connectivity index (χ0n) is 11.5. The van der Waals surface area contributed by atoms with Gasteiger partial charge in [-0.1, -0.05) is 11.6 Å². The van der Waals surface area contributed by atoms with Crippen molar-refractivity contribution in [2.45, 2.75) is 25.8 Å². The Hall–Kier alpha value is -1.82. The van der Waals surface area contributed by atoms with Crippen LogP contribution in [0, 0.1) is 11.7 Å². The molecule has 1 aliphatic heterocycles. The number of anilines is 1. The van der Waals surface area contributed by atoms with Crippen LogP contribution in [-0.4, -0.2) is 34.6 Å². The number of likely N-dealkylation sites (tertiary alicyclic amines) is 1. The fraction of sp³-hybridized carbons (Fsp3) is 0.429. The van der Waals surface area contributed by atoms with Crippen molar-refractivity contribution in [3.8, 4) is 0 Å². The Morgan fingerprint density at radius 2 is 2.19 bits per heavy atom. The number of hydrogen-bond donors (Lipinski definition) is 2. The summed E-state index contributed by atoms with van der Waals surface area (Å²) in [6.45, 7) is 2.17. The zero-order valence-corrected chi connectivity index (χ0v) is 12.2. The van der Waals surface area contributed by atoms with Crippen LogP contribution in [0.15, 0.2) is 18.2 Å². The number of carbonyl (C=O) groups is 2. The molecule has 1 saturated heterocycles. The standard InChI is InChI=1S/C14H16ClFN2O3/c1-8-6-9(13(19)20)4-5-18(8)14(21)17-12-3-2-10(16)7-11(12)15/h2-3,7-9H,4-6H2,1H3,(H,17,21)(H,19,20). The molecule has 2 atom stereocenters. The van der Waals surface area contributed by atoms with Gasteiger partial charge in [-0.15, -0.1) is 0 Å². The molecular formula is C14H16ClFN2O3. The lowest BCUT2D eigenvalue weighted by molar-refractivity contribution is -0.143. The van der Waals surface area contributed by atoms with Crippen molar-refractivity contribution < 1.29 is 19.1 Å². The molecule has 7 heteroatoms. The van der Waals surface area contributed by atoms with Crippen molar-refractivity contribution >= 4 is 29.3 Å². The van der Waals surface area contributed by atoms with Gasteiger partial charge in [-0.25, -0.2) is 9.18 Å². The minimum Gasteiger partial charge on any atom is -0.481 e. The molecule has 0 aromatic heterocycles. The van der Waals surface area contributed by atoms with Crippen LogP contribution in [0.3, 0.4) is 0 Å². The van der Waals surface area contributed by atoms with Crippen LogP contribution < -0.4 is 5.32 Å². The van der Waals surface area contributed by atoms with E-state index in [4.69, 9.17) is 16.7 Å². The van der Waals surface area contributed by atoms with Crippen molar-refractivity contribution in [3.63, 3.8) is 0 Å². The fourth-order valence-corrected chi connectivity index (χ4v) is 2.69. The normalized spacial score (nSPS) is 22.0. The summed E-state index contributed by atoms with van der Waals surface area (Å²) >= 11 is 5.86. The van der Waals surface area contributed by atoms with Crippen LogP contribution in [-0.2, 0) is 4.79 Å². The van der Waals surface area contributed by atoms with Crippen LogP contribution in [0.1, 0.15) is 19.8 Å². The smallest absolute Gasteiger partial charge is 0.322 e. The number of carboxylic acid groups (broad SMARTS) is 1. The van der Waals surface area contributed by atoms with E-state index in [1.807, 2.05) is 0 Å². The fourth-order valence-electron chi connectivity index (χ4n) is 2.48. The third-order valence-corrected chi connectivity index (χ3v) is 3.97. The first-order valence-corrected chi connectivity index (χ1v) is 7.01. The predicted molar refractivity (Wildman–Crippen MR) is 77.0 cm³/mol. The first-order valence-electron chi connectivity index (χ1n) is 6.64. The number of nitrogens with one attached hydrogen (secondary N) is 1. The molecule has 2 amide bonds. The number of piperidine rings is 1. The monoisotopic (exact) mass is 314 g/mol. The molecule has 0 spiro atoms. The minimum atomic E-state index is -0.830. The molecule has 1 fully saturated rings. The van der Waals surface area contributed by atoms with Gasteiger partial charge in [-0.2, -0.15) is 0 Å². The van der Waals surface area contributed by atoms with Crippen molar-refractivity contribution in [1.82, 2.24) is 4.90 Å². The van der Waals surface area contributed by atoms with Gasteiger partial charge in [0, 0.05) is 12.6 Å². The van der Waals surface area contributed by atoms with E-state index in [1.165, 1.54) is 12.1 Å². The lowest BCUT2D eigenvalue weighted by Gasteiger charge is -2.36. The van der Waals surface area contributed by atoms with Crippen LogP contribution in [0.5, 0.6) is 0 Å². The quantitative estimate of drug-likeness (QED) is 0.880. The molecule has 21 heavy (non-hydrogen) atoms. The average Bonchev–Trinajstić information content (AvgIpc) is 2.41. The number of halogens is 2. The number of rotatable bonds is 2. The topological polar surface area (TPSA) is 69.6 Å². The number of aliphatic carboxylic acids is 1. The van der Waals surface area contributed by atoms with E-state index in [0.29, 0.717) is 25.1 Å². The van der Waals surface area contributed by atoms with Gasteiger partial charge in [0.25, 0.3) is 0 Å². The van der Waals surface area contributed by atoms with Crippen molar-refractivity contribution in [1.29, 1.82) is 0 Å². The van der Waals surface area contributed by atoms with Gasteiger partial charge in [0.05, 0.1) is 16.6 Å². The predicted octanol–water partition coefficient (Wildman–Crippen LogP) is 3.20. The van der Waals surface area contributed by atoms with E-state index in [9.17, 15) is 14.0 Å². The Balaban J connectivity index is 2.02. The molecule has 2 unspecified atom stereocenters. The second kappa shape index (κ2) is 6.30. The van der Waals surface area contributed by atoms with Gasteiger partial charge >= 0.3 is 12.0 Å². The number of benzene rings is 1. The van der Waals surface area contributed by atoms with E-state index < -0.39 is 17.7 Å². The Morgan fingerprint density at radius 1 is 1.48 bits per heavy atom. The molecule has 114 valence electrons. The largest absolute Gasteiger partial charge is 0.481 e. The first-order chi connectivity index (χ1) is 9.88. The third kappa shape index (κ3) is 3.64. The Bertz CT molecular complexity index is 567. The van der Waals surface area contributed by atoms with Crippen molar-refractivity contribution in [2.75, 3.05) is 11.9 Å². The SMILES string of the molecule is CC1CC(C(=O)O)CCN1C(=O)Nc1ccc(F)cc1Cl. The number of urea groups is 1. The molecule has 2 rings (SSSR count). The highest BCUT2D eigenvalue weighted by Gasteiger charge is 2.32. The summed E-state index contributed by atoms with van der Waals surface area (Å²) in [5, 5.41) is 11.8. The second-order valence-corrected chi connectivity index (χ2v) is 5.56. The number of carboxylic acids is 1. The van der Waals surface area contributed by atoms with E-state index >= 15 is 0 Å². The lowest BCUT2D eigenvalue weighted by Crippen LogP contribution is -2.47. The highest BCUT2D eigenvalue weighted by molar-refractivity contribution is 6.33. The molecule has 0 aliphatic carbocycles. The van der Waals surface area contributed by atoms with Gasteiger partial charge < -0.3 is 15.3 Å². The van der Waals surface area contributed by atoms with Crippen LogP contribution in [0.25, 0.3) is 0 Å².